The second kappa shape index (κ2) is 8.18. The van der Waals surface area contributed by atoms with Gasteiger partial charge in [-0.1, -0.05) is 26.0 Å². The molecule has 3 heteroatoms. The van der Waals surface area contributed by atoms with Crippen molar-refractivity contribution in [1.82, 2.24) is 5.32 Å². The molecule has 0 saturated heterocycles. The van der Waals surface area contributed by atoms with Crippen molar-refractivity contribution in [2.45, 2.75) is 52.5 Å². The van der Waals surface area contributed by atoms with Gasteiger partial charge in [0, 0.05) is 18.2 Å². The highest BCUT2D eigenvalue weighted by molar-refractivity contribution is 5.92. The number of carbonyl (C=O) groups excluding carboxylic acids is 1. The van der Waals surface area contributed by atoms with Crippen LogP contribution in [0.2, 0.25) is 0 Å². The van der Waals surface area contributed by atoms with Gasteiger partial charge in [-0.25, -0.2) is 0 Å². The molecule has 0 heterocycles. The second-order valence-corrected chi connectivity index (χ2v) is 6.32. The van der Waals surface area contributed by atoms with Crippen molar-refractivity contribution in [3.8, 4) is 0 Å². The van der Waals surface area contributed by atoms with Gasteiger partial charge in [-0.2, -0.15) is 0 Å². The third-order valence-electron chi connectivity index (χ3n) is 4.34. The molecule has 0 aliphatic heterocycles. The maximum absolute atomic E-state index is 12.3. The summed E-state index contributed by atoms with van der Waals surface area (Å²) >= 11 is 0. The molecule has 1 amide bonds. The first-order valence-electron chi connectivity index (χ1n) is 8.29. The molecule has 1 aliphatic carbocycles. The van der Waals surface area contributed by atoms with Gasteiger partial charge < -0.3 is 10.6 Å². The van der Waals surface area contributed by atoms with E-state index in [2.05, 4.69) is 36.6 Å². The van der Waals surface area contributed by atoms with Crippen LogP contribution in [0.3, 0.4) is 0 Å². The Hall–Kier alpha value is -1.35. The topological polar surface area (TPSA) is 41.1 Å². The smallest absolute Gasteiger partial charge is 0.227 e. The number of amides is 1. The lowest BCUT2D eigenvalue weighted by atomic mass is 9.82. The number of hydrogen-bond acceptors (Lipinski definition) is 2. The van der Waals surface area contributed by atoms with E-state index in [-0.39, 0.29) is 11.8 Å². The SMILES string of the molecule is CCCNCc1cccc(NC(=O)C2CCC(C)CC2)c1. The molecule has 0 aromatic heterocycles. The maximum atomic E-state index is 12.3. The molecule has 0 radical (unpaired) electrons. The third-order valence-corrected chi connectivity index (χ3v) is 4.34. The number of carbonyl (C=O) groups is 1. The fourth-order valence-electron chi connectivity index (χ4n) is 2.94. The van der Waals surface area contributed by atoms with Crippen LogP contribution in [0.1, 0.15) is 51.5 Å². The zero-order valence-corrected chi connectivity index (χ0v) is 13.3. The maximum Gasteiger partial charge on any atom is 0.227 e. The summed E-state index contributed by atoms with van der Waals surface area (Å²) in [6, 6.07) is 8.17. The highest BCUT2D eigenvalue weighted by Gasteiger charge is 2.24. The summed E-state index contributed by atoms with van der Waals surface area (Å²) in [5.41, 5.74) is 2.15. The number of nitrogens with one attached hydrogen (secondary N) is 2. The molecule has 0 bridgehead atoms. The van der Waals surface area contributed by atoms with Crippen molar-refractivity contribution in [2.24, 2.45) is 11.8 Å². The number of benzene rings is 1. The Labute approximate surface area is 128 Å². The summed E-state index contributed by atoms with van der Waals surface area (Å²) in [6.07, 6.45) is 5.56. The summed E-state index contributed by atoms with van der Waals surface area (Å²) < 4.78 is 0. The molecule has 0 spiro atoms. The Bertz CT molecular complexity index is 450. The molecule has 1 aliphatic rings. The molecule has 1 saturated carbocycles. The predicted octanol–water partition coefficient (Wildman–Crippen LogP) is 3.95. The minimum Gasteiger partial charge on any atom is -0.326 e. The minimum absolute atomic E-state index is 0.195. The van der Waals surface area contributed by atoms with Crippen LogP contribution in [0.15, 0.2) is 24.3 Å². The van der Waals surface area contributed by atoms with Crippen LogP contribution >= 0.6 is 0 Å². The van der Waals surface area contributed by atoms with Crippen LogP contribution in [0.5, 0.6) is 0 Å². The highest BCUT2D eigenvalue weighted by atomic mass is 16.1. The van der Waals surface area contributed by atoms with E-state index in [1.807, 2.05) is 12.1 Å². The zero-order valence-electron chi connectivity index (χ0n) is 13.3. The van der Waals surface area contributed by atoms with Crippen molar-refractivity contribution in [2.75, 3.05) is 11.9 Å². The van der Waals surface area contributed by atoms with E-state index in [9.17, 15) is 4.79 Å². The Morgan fingerprint density at radius 3 is 2.71 bits per heavy atom. The average Bonchev–Trinajstić information content (AvgIpc) is 2.48. The number of hydrogen-bond donors (Lipinski definition) is 2. The standard InChI is InChI=1S/C18H28N2O/c1-3-11-19-13-15-5-4-6-17(12-15)20-18(21)16-9-7-14(2)8-10-16/h4-6,12,14,16,19H,3,7-11,13H2,1-2H3,(H,20,21). The first kappa shape index (κ1) is 16.0. The van der Waals surface area contributed by atoms with Crippen LogP contribution in [0.4, 0.5) is 5.69 Å². The minimum atomic E-state index is 0.195. The molecule has 0 atom stereocenters. The van der Waals surface area contributed by atoms with E-state index >= 15 is 0 Å². The van der Waals surface area contributed by atoms with E-state index in [0.29, 0.717) is 0 Å². The normalized spacial score (nSPS) is 22.0. The van der Waals surface area contributed by atoms with E-state index in [1.165, 1.54) is 18.4 Å². The van der Waals surface area contributed by atoms with Crippen LogP contribution in [0.25, 0.3) is 0 Å². The fourth-order valence-corrected chi connectivity index (χ4v) is 2.94. The molecule has 1 aromatic rings. The van der Waals surface area contributed by atoms with Gasteiger partial charge in [0.05, 0.1) is 0 Å². The van der Waals surface area contributed by atoms with Gasteiger partial charge in [-0.15, -0.1) is 0 Å². The Kier molecular flexibility index (Phi) is 6.24. The Morgan fingerprint density at radius 1 is 1.24 bits per heavy atom. The molecular weight excluding hydrogens is 260 g/mol. The number of anilines is 1. The number of rotatable bonds is 6. The lowest BCUT2D eigenvalue weighted by molar-refractivity contribution is -0.121. The summed E-state index contributed by atoms with van der Waals surface area (Å²) in [6.45, 7) is 6.32. The summed E-state index contributed by atoms with van der Waals surface area (Å²) in [5, 5.41) is 6.48. The van der Waals surface area contributed by atoms with Gasteiger partial charge in [-0.05, 0) is 62.3 Å². The van der Waals surface area contributed by atoms with Crippen LogP contribution in [0, 0.1) is 11.8 Å². The van der Waals surface area contributed by atoms with Gasteiger partial charge >= 0.3 is 0 Å². The molecule has 2 rings (SSSR count). The van der Waals surface area contributed by atoms with E-state index in [0.717, 1.165) is 44.0 Å². The quantitative estimate of drug-likeness (QED) is 0.778. The lowest BCUT2D eigenvalue weighted by Crippen LogP contribution is -2.26. The monoisotopic (exact) mass is 288 g/mol. The van der Waals surface area contributed by atoms with Gasteiger partial charge in [-0.3, -0.25) is 4.79 Å². The van der Waals surface area contributed by atoms with Crippen LogP contribution < -0.4 is 10.6 Å². The fraction of sp³-hybridized carbons (Fsp3) is 0.611. The van der Waals surface area contributed by atoms with Crippen LogP contribution in [-0.4, -0.2) is 12.5 Å². The summed E-state index contributed by atoms with van der Waals surface area (Å²) in [7, 11) is 0. The van der Waals surface area contributed by atoms with Crippen molar-refractivity contribution in [1.29, 1.82) is 0 Å². The largest absolute Gasteiger partial charge is 0.326 e. The summed E-state index contributed by atoms with van der Waals surface area (Å²) in [4.78, 5) is 12.3. The average molecular weight is 288 g/mol. The lowest BCUT2D eigenvalue weighted by Gasteiger charge is -2.25. The van der Waals surface area contributed by atoms with Crippen molar-refractivity contribution in [3.63, 3.8) is 0 Å². The molecule has 3 nitrogen and oxygen atoms in total. The van der Waals surface area contributed by atoms with Gasteiger partial charge in [0.1, 0.15) is 0 Å². The van der Waals surface area contributed by atoms with Gasteiger partial charge in [0.2, 0.25) is 5.91 Å². The Morgan fingerprint density at radius 2 is 2.00 bits per heavy atom. The first-order valence-corrected chi connectivity index (χ1v) is 8.29. The molecule has 116 valence electrons. The van der Waals surface area contributed by atoms with Gasteiger partial charge in [0.15, 0.2) is 0 Å². The van der Waals surface area contributed by atoms with E-state index in [4.69, 9.17) is 0 Å². The third kappa shape index (κ3) is 5.16. The molecule has 21 heavy (non-hydrogen) atoms. The molecule has 2 N–H and O–H groups in total. The van der Waals surface area contributed by atoms with E-state index < -0.39 is 0 Å². The van der Waals surface area contributed by atoms with E-state index in [1.54, 1.807) is 0 Å². The molecule has 1 aromatic carbocycles. The highest BCUT2D eigenvalue weighted by Crippen LogP contribution is 2.29. The van der Waals surface area contributed by atoms with Gasteiger partial charge in [0.25, 0.3) is 0 Å². The van der Waals surface area contributed by atoms with Crippen molar-refractivity contribution < 1.29 is 4.79 Å². The van der Waals surface area contributed by atoms with Crippen molar-refractivity contribution >= 4 is 11.6 Å². The first-order chi connectivity index (χ1) is 10.2. The second-order valence-electron chi connectivity index (χ2n) is 6.32. The summed E-state index contributed by atoms with van der Waals surface area (Å²) in [5.74, 6) is 1.17. The predicted molar refractivity (Wildman–Crippen MR) is 88.2 cm³/mol. The molecule has 0 unspecified atom stereocenters. The van der Waals surface area contributed by atoms with Crippen LogP contribution in [-0.2, 0) is 11.3 Å². The molecular formula is C18H28N2O. The molecule has 1 fully saturated rings. The van der Waals surface area contributed by atoms with Crippen molar-refractivity contribution in [3.05, 3.63) is 29.8 Å². The zero-order chi connectivity index (χ0) is 15.1. The Balaban J connectivity index is 1.87.